The molecule has 0 aromatic carbocycles. The zero-order chi connectivity index (χ0) is 18.0. The van der Waals surface area contributed by atoms with Gasteiger partial charge >= 0.3 is 5.97 Å². The summed E-state index contributed by atoms with van der Waals surface area (Å²) in [6.45, 7) is 9.85. The fourth-order valence-electron chi connectivity index (χ4n) is 1.87. The number of carbonyl (C=O) groups excluding carboxylic acids is 3. The van der Waals surface area contributed by atoms with Crippen molar-refractivity contribution in [1.82, 2.24) is 10.4 Å². The van der Waals surface area contributed by atoms with E-state index in [1.54, 1.807) is 6.92 Å². The minimum Gasteiger partial charge on any atom is -0.438 e. The maximum absolute atomic E-state index is 12.0. The van der Waals surface area contributed by atoms with Crippen molar-refractivity contribution in [2.75, 3.05) is 0 Å². The second-order valence-electron chi connectivity index (χ2n) is 5.65. The number of rotatable bonds is 10. The van der Waals surface area contributed by atoms with E-state index in [9.17, 15) is 19.6 Å². The van der Waals surface area contributed by atoms with Gasteiger partial charge in [0.1, 0.15) is 0 Å². The lowest BCUT2D eigenvalue weighted by Crippen LogP contribution is -2.43. The van der Waals surface area contributed by atoms with Crippen LogP contribution in [0, 0.1) is 0 Å². The number of hydrogen-bond acceptors (Lipinski definition) is 5. The van der Waals surface area contributed by atoms with Gasteiger partial charge in [0.25, 0.3) is 0 Å². The standard InChI is InChI=1S/C16H28N2O5/c1-6-7-8-9-15(23-16(21)11(2)3)17-14(20)10-12(4)18(22)13(5)19/h12,15,22H,2,6-10H2,1,3-5H3,(H,17,20). The number of ether oxygens (including phenoxy) is 1. The summed E-state index contributed by atoms with van der Waals surface area (Å²) in [7, 11) is 0. The maximum atomic E-state index is 12.0. The van der Waals surface area contributed by atoms with Gasteiger partial charge in [0.15, 0.2) is 6.23 Å². The lowest BCUT2D eigenvalue weighted by atomic mass is 10.1. The molecule has 0 spiro atoms. The Morgan fingerprint density at radius 3 is 2.35 bits per heavy atom. The number of hydroxylamine groups is 2. The highest BCUT2D eigenvalue weighted by atomic mass is 16.6. The van der Waals surface area contributed by atoms with E-state index in [1.807, 2.05) is 6.92 Å². The molecule has 132 valence electrons. The maximum Gasteiger partial charge on any atom is 0.335 e. The Morgan fingerprint density at radius 2 is 1.87 bits per heavy atom. The average molecular weight is 328 g/mol. The topological polar surface area (TPSA) is 95.9 Å². The van der Waals surface area contributed by atoms with Gasteiger partial charge in [0.2, 0.25) is 11.8 Å². The van der Waals surface area contributed by atoms with Crippen LogP contribution in [0.5, 0.6) is 0 Å². The van der Waals surface area contributed by atoms with E-state index >= 15 is 0 Å². The highest BCUT2D eigenvalue weighted by Crippen LogP contribution is 2.08. The molecule has 2 unspecified atom stereocenters. The normalized spacial score (nSPS) is 12.9. The summed E-state index contributed by atoms with van der Waals surface area (Å²) in [6, 6.07) is -0.666. The molecule has 7 heteroatoms. The van der Waals surface area contributed by atoms with Crippen LogP contribution in [-0.4, -0.2) is 40.3 Å². The molecular formula is C16H28N2O5. The third-order valence-electron chi connectivity index (χ3n) is 3.21. The molecular weight excluding hydrogens is 300 g/mol. The van der Waals surface area contributed by atoms with Crippen LogP contribution in [0.15, 0.2) is 12.2 Å². The molecule has 0 aromatic rings. The highest BCUT2D eigenvalue weighted by Gasteiger charge is 2.21. The predicted molar refractivity (Wildman–Crippen MR) is 85.4 cm³/mol. The van der Waals surface area contributed by atoms with Crippen LogP contribution in [0.25, 0.3) is 0 Å². The zero-order valence-corrected chi connectivity index (χ0v) is 14.4. The van der Waals surface area contributed by atoms with Crippen LogP contribution in [0.4, 0.5) is 0 Å². The lowest BCUT2D eigenvalue weighted by Gasteiger charge is -2.23. The van der Waals surface area contributed by atoms with Crippen LogP contribution in [0.1, 0.15) is 59.8 Å². The summed E-state index contributed by atoms with van der Waals surface area (Å²) in [6.07, 6.45) is 2.44. The molecule has 0 aliphatic carbocycles. The minimum absolute atomic E-state index is 0.0923. The van der Waals surface area contributed by atoms with Gasteiger partial charge in [-0.25, -0.2) is 9.86 Å². The van der Waals surface area contributed by atoms with Gasteiger partial charge in [-0.05, 0) is 20.3 Å². The van der Waals surface area contributed by atoms with E-state index in [2.05, 4.69) is 11.9 Å². The van der Waals surface area contributed by atoms with E-state index in [0.717, 1.165) is 19.3 Å². The quantitative estimate of drug-likeness (QED) is 0.160. The molecule has 0 saturated heterocycles. The van der Waals surface area contributed by atoms with E-state index < -0.39 is 30.1 Å². The van der Waals surface area contributed by atoms with Crippen molar-refractivity contribution in [3.63, 3.8) is 0 Å². The number of carbonyl (C=O) groups is 3. The van der Waals surface area contributed by atoms with E-state index in [0.29, 0.717) is 11.5 Å². The van der Waals surface area contributed by atoms with Crippen LogP contribution in [-0.2, 0) is 19.1 Å². The molecule has 2 N–H and O–H groups in total. The zero-order valence-electron chi connectivity index (χ0n) is 14.4. The molecule has 0 fully saturated rings. The molecule has 0 bridgehead atoms. The SMILES string of the molecule is C=C(C)C(=O)OC(CCCCC)NC(=O)CC(C)N(O)C(C)=O. The Balaban J connectivity index is 4.60. The second kappa shape index (κ2) is 10.8. The van der Waals surface area contributed by atoms with Gasteiger partial charge < -0.3 is 10.1 Å². The molecule has 0 aliphatic rings. The van der Waals surface area contributed by atoms with E-state index in [-0.39, 0.29) is 12.0 Å². The summed E-state index contributed by atoms with van der Waals surface area (Å²) in [4.78, 5) is 34.7. The molecule has 0 radical (unpaired) electrons. The summed E-state index contributed by atoms with van der Waals surface area (Å²) >= 11 is 0. The molecule has 0 heterocycles. The monoisotopic (exact) mass is 328 g/mol. The predicted octanol–water partition coefficient (Wildman–Crippen LogP) is 2.14. The van der Waals surface area contributed by atoms with Crippen LogP contribution in [0.2, 0.25) is 0 Å². The van der Waals surface area contributed by atoms with Crippen molar-refractivity contribution in [3.8, 4) is 0 Å². The molecule has 0 rings (SSSR count). The summed E-state index contributed by atoms with van der Waals surface area (Å²) in [5, 5.41) is 12.6. The molecule has 0 aliphatic heterocycles. The third kappa shape index (κ3) is 8.97. The van der Waals surface area contributed by atoms with Gasteiger partial charge in [-0.2, -0.15) is 0 Å². The number of amides is 2. The van der Waals surface area contributed by atoms with Gasteiger partial charge in [-0.15, -0.1) is 0 Å². The Bertz CT molecular complexity index is 436. The molecule has 2 amide bonds. The highest BCUT2D eigenvalue weighted by molar-refractivity contribution is 5.87. The lowest BCUT2D eigenvalue weighted by molar-refractivity contribution is -0.173. The number of esters is 1. The summed E-state index contributed by atoms with van der Waals surface area (Å²) < 4.78 is 5.21. The molecule has 23 heavy (non-hydrogen) atoms. The third-order valence-corrected chi connectivity index (χ3v) is 3.21. The Hall–Kier alpha value is -1.89. The van der Waals surface area contributed by atoms with E-state index in [4.69, 9.17) is 4.74 Å². The Labute approximate surface area is 137 Å². The fourth-order valence-corrected chi connectivity index (χ4v) is 1.87. The van der Waals surface area contributed by atoms with Crippen LogP contribution in [0.3, 0.4) is 0 Å². The average Bonchev–Trinajstić information content (AvgIpc) is 2.45. The number of nitrogens with zero attached hydrogens (tertiary/aromatic N) is 1. The molecule has 0 saturated carbocycles. The van der Waals surface area contributed by atoms with Crippen molar-refractivity contribution in [2.45, 2.75) is 72.1 Å². The van der Waals surface area contributed by atoms with Gasteiger partial charge in [-0.3, -0.25) is 14.8 Å². The van der Waals surface area contributed by atoms with Crippen LogP contribution >= 0.6 is 0 Å². The molecule has 0 aromatic heterocycles. The summed E-state index contributed by atoms with van der Waals surface area (Å²) in [5.74, 6) is -1.51. The van der Waals surface area contributed by atoms with Crippen molar-refractivity contribution >= 4 is 17.8 Å². The number of unbranched alkanes of at least 4 members (excludes halogenated alkanes) is 2. The van der Waals surface area contributed by atoms with E-state index in [1.165, 1.54) is 13.8 Å². The van der Waals surface area contributed by atoms with Crippen molar-refractivity contribution in [3.05, 3.63) is 12.2 Å². The number of nitrogens with one attached hydrogen (secondary N) is 1. The van der Waals surface area contributed by atoms with Crippen molar-refractivity contribution in [1.29, 1.82) is 0 Å². The Morgan fingerprint density at radius 1 is 1.26 bits per heavy atom. The number of hydrogen-bond donors (Lipinski definition) is 2. The fraction of sp³-hybridized carbons (Fsp3) is 0.688. The molecule has 7 nitrogen and oxygen atoms in total. The van der Waals surface area contributed by atoms with Crippen LogP contribution < -0.4 is 5.32 Å². The Kier molecular flexibility index (Phi) is 9.89. The van der Waals surface area contributed by atoms with Crippen molar-refractivity contribution < 1.29 is 24.3 Å². The van der Waals surface area contributed by atoms with Gasteiger partial charge in [-0.1, -0.05) is 26.3 Å². The van der Waals surface area contributed by atoms with Gasteiger partial charge in [0.05, 0.1) is 6.04 Å². The minimum atomic E-state index is -0.741. The van der Waals surface area contributed by atoms with Crippen molar-refractivity contribution in [2.24, 2.45) is 0 Å². The summed E-state index contributed by atoms with van der Waals surface area (Å²) in [5.41, 5.74) is 0.256. The largest absolute Gasteiger partial charge is 0.438 e. The first-order valence-corrected chi connectivity index (χ1v) is 7.83. The molecule has 2 atom stereocenters. The second-order valence-corrected chi connectivity index (χ2v) is 5.65. The first-order valence-electron chi connectivity index (χ1n) is 7.83. The first kappa shape index (κ1) is 21.1. The smallest absolute Gasteiger partial charge is 0.335 e. The van der Waals surface area contributed by atoms with Gasteiger partial charge in [0, 0.05) is 25.3 Å². The first-order chi connectivity index (χ1) is 10.7.